The summed E-state index contributed by atoms with van der Waals surface area (Å²) in [4.78, 5) is 23.9. The van der Waals surface area contributed by atoms with E-state index in [0.29, 0.717) is 37.8 Å². The number of ether oxygens (including phenoxy) is 2. The predicted molar refractivity (Wildman–Crippen MR) is 125 cm³/mol. The molecule has 168 valence electrons. The molecule has 4 rings (SSSR count). The highest BCUT2D eigenvalue weighted by Crippen LogP contribution is 2.48. The summed E-state index contributed by atoms with van der Waals surface area (Å²) in [6.07, 6.45) is 8.70. The van der Waals surface area contributed by atoms with Crippen molar-refractivity contribution >= 4 is 17.9 Å². The molecule has 2 aromatic rings. The zero-order valence-corrected chi connectivity index (χ0v) is 18.8. The van der Waals surface area contributed by atoms with Crippen LogP contribution >= 0.6 is 0 Å². The van der Waals surface area contributed by atoms with Crippen molar-refractivity contribution in [2.24, 2.45) is 0 Å². The summed E-state index contributed by atoms with van der Waals surface area (Å²) in [6.45, 7) is 7.18. The summed E-state index contributed by atoms with van der Waals surface area (Å²) in [5.41, 5.74) is 1.52. The molecule has 0 saturated carbocycles. The Balaban J connectivity index is 1.68. The lowest BCUT2D eigenvalue weighted by Gasteiger charge is -2.37. The van der Waals surface area contributed by atoms with Gasteiger partial charge in [0.05, 0.1) is 19.3 Å². The monoisotopic (exact) mass is 434 g/mol. The molecule has 1 N–H and O–H groups in total. The minimum absolute atomic E-state index is 0.0173. The van der Waals surface area contributed by atoms with Crippen LogP contribution < -0.4 is 10.2 Å². The van der Waals surface area contributed by atoms with E-state index in [4.69, 9.17) is 14.5 Å². The minimum atomic E-state index is -0.632. The SMILES string of the molecule is C/C=C\C(=C/C)[C@H](C)Nc1nccc(N2C(=O)OC3(CCOCC3)C2c2ccccc2)n1. The van der Waals surface area contributed by atoms with Gasteiger partial charge in [-0.1, -0.05) is 48.6 Å². The van der Waals surface area contributed by atoms with E-state index in [1.165, 1.54) is 0 Å². The van der Waals surface area contributed by atoms with Crippen LogP contribution in [0.5, 0.6) is 0 Å². The number of nitrogens with one attached hydrogen (secondary N) is 1. The fourth-order valence-corrected chi connectivity index (χ4v) is 4.54. The molecule has 0 bridgehead atoms. The normalized spacial score (nSPS) is 21.7. The molecule has 1 aromatic heterocycles. The molecule has 7 nitrogen and oxygen atoms in total. The first-order valence-corrected chi connectivity index (χ1v) is 11.1. The number of amides is 1. The van der Waals surface area contributed by atoms with E-state index in [1.807, 2.05) is 50.3 Å². The van der Waals surface area contributed by atoms with Crippen LogP contribution in [0.4, 0.5) is 16.6 Å². The molecule has 2 saturated heterocycles. The summed E-state index contributed by atoms with van der Waals surface area (Å²) >= 11 is 0. The van der Waals surface area contributed by atoms with Crippen molar-refractivity contribution in [2.45, 2.75) is 51.3 Å². The highest BCUT2D eigenvalue weighted by Gasteiger charge is 2.56. The zero-order chi connectivity index (χ0) is 22.6. The third-order valence-corrected chi connectivity index (χ3v) is 6.12. The van der Waals surface area contributed by atoms with Gasteiger partial charge in [0.15, 0.2) is 0 Å². The molecule has 1 spiro atoms. The molecule has 1 unspecified atom stereocenters. The van der Waals surface area contributed by atoms with Gasteiger partial charge in [0.2, 0.25) is 5.95 Å². The lowest BCUT2D eigenvalue weighted by atomic mass is 9.82. The number of aromatic nitrogens is 2. The van der Waals surface area contributed by atoms with E-state index < -0.39 is 5.60 Å². The van der Waals surface area contributed by atoms with Crippen molar-refractivity contribution < 1.29 is 14.3 Å². The van der Waals surface area contributed by atoms with Crippen LogP contribution in [0.3, 0.4) is 0 Å². The molecule has 2 fully saturated rings. The Morgan fingerprint density at radius 2 is 1.97 bits per heavy atom. The molecule has 1 aromatic carbocycles. The molecular weight excluding hydrogens is 404 g/mol. The van der Waals surface area contributed by atoms with E-state index in [9.17, 15) is 4.79 Å². The van der Waals surface area contributed by atoms with E-state index in [1.54, 1.807) is 17.2 Å². The highest BCUT2D eigenvalue weighted by molar-refractivity contribution is 5.90. The molecular formula is C25H30N4O3. The zero-order valence-electron chi connectivity index (χ0n) is 18.8. The first-order valence-electron chi connectivity index (χ1n) is 11.1. The smallest absolute Gasteiger partial charge is 0.416 e. The van der Waals surface area contributed by atoms with Crippen LogP contribution in [0.25, 0.3) is 0 Å². The number of carbonyl (C=O) groups excluding carboxylic acids is 1. The number of anilines is 2. The summed E-state index contributed by atoms with van der Waals surface area (Å²) in [5, 5.41) is 3.34. The number of rotatable bonds is 6. The average molecular weight is 435 g/mol. The Kier molecular flexibility index (Phi) is 6.55. The third-order valence-electron chi connectivity index (χ3n) is 6.12. The number of benzene rings is 1. The van der Waals surface area contributed by atoms with Gasteiger partial charge < -0.3 is 14.8 Å². The van der Waals surface area contributed by atoms with Crippen LogP contribution in [0, 0.1) is 0 Å². The van der Waals surface area contributed by atoms with E-state index >= 15 is 0 Å². The molecule has 0 aliphatic carbocycles. The molecule has 2 aliphatic heterocycles. The van der Waals surface area contributed by atoms with Crippen LogP contribution in [0.2, 0.25) is 0 Å². The predicted octanol–water partition coefficient (Wildman–Crippen LogP) is 5.05. The Hall–Kier alpha value is -3.19. The van der Waals surface area contributed by atoms with Gasteiger partial charge >= 0.3 is 6.09 Å². The molecule has 32 heavy (non-hydrogen) atoms. The summed E-state index contributed by atoms with van der Waals surface area (Å²) in [6, 6.07) is 11.5. The van der Waals surface area contributed by atoms with E-state index in [0.717, 1.165) is 11.1 Å². The Bertz CT molecular complexity index is 999. The van der Waals surface area contributed by atoms with E-state index in [-0.39, 0.29) is 18.2 Å². The van der Waals surface area contributed by atoms with Crippen LogP contribution in [0.15, 0.2) is 66.4 Å². The molecule has 1 amide bonds. The van der Waals surface area contributed by atoms with Crippen LogP contribution in [-0.2, 0) is 9.47 Å². The van der Waals surface area contributed by atoms with Crippen molar-refractivity contribution in [2.75, 3.05) is 23.4 Å². The van der Waals surface area contributed by atoms with Gasteiger partial charge in [-0.25, -0.2) is 14.7 Å². The lowest BCUT2D eigenvalue weighted by Crippen LogP contribution is -2.43. The fraction of sp³-hybridized carbons (Fsp3) is 0.400. The number of carbonyl (C=O) groups is 1. The maximum atomic E-state index is 13.2. The van der Waals surface area contributed by atoms with Gasteiger partial charge in [-0.15, -0.1) is 0 Å². The number of nitrogens with zero attached hydrogens (tertiary/aromatic N) is 3. The minimum Gasteiger partial charge on any atom is -0.440 e. The fourth-order valence-electron chi connectivity index (χ4n) is 4.54. The van der Waals surface area contributed by atoms with Gasteiger partial charge in [-0.3, -0.25) is 0 Å². The largest absolute Gasteiger partial charge is 0.440 e. The van der Waals surface area contributed by atoms with E-state index in [2.05, 4.69) is 29.4 Å². The second kappa shape index (κ2) is 9.53. The van der Waals surface area contributed by atoms with Crippen LogP contribution in [0.1, 0.15) is 45.2 Å². The van der Waals surface area contributed by atoms with Crippen LogP contribution in [-0.4, -0.2) is 40.9 Å². The molecule has 0 radical (unpaired) electrons. The summed E-state index contributed by atoms with van der Waals surface area (Å²) < 4.78 is 11.6. The van der Waals surface area contributed by atoms with Gasteiger partial charge in [0, 0.05) is 19.0 Å². The maximum Gasteiger partial charge on any atom is 0.416 e. The Morgan fingerprint density at radius 1 is 1.22 bits per heavy atom. The molecule has 2 aliphatic rings. The second-order valence-corrected chi connectivity index (χ2v) is 8.12. The molecule has 3 heterocycles. The number of hydrogen-bond donors (Lipinski definition) is 1. The van der Waals surface area contributed by atoms with Gasteiger partial charge in [0.25, 0.3) is 0 Å². The second-order valence-electron chi connectivity index (χ2n) is 8.12. The van der Waals surface area contributed by atoms with Crippen molar-refractivity contribution in [3.63, 3.8) is 0 Å². The van der Waals surface area contributed by atoms with Gasteiger partial charge in [0.1, 0.15) is 17.5 Å². The molecule has 2 atom stereocenters. The topological polar surface area (TPSA) is 76.6 Å². The van der Waals surface area contributed by atoms with Gasteiger partial charge in [-0.2, -0.15) is 4.98 Å². The van der Waals surface area contributed by atoms with Crippen molar-refractivity contribution in [3.8, 4) is 0 Å². The average Bonchev–Trinajstić information content (AvgIpc) is 3.09. The number of hydrogen-bond acceptors (Lipinski definition) is 6. The molecule has 7 heteroatoms. The van der Waals surface area contributed by atoms with Crippen molar-refractivity contribution in [1.82, 2.24) is 9.97 Å². The quantitative estimate of drug-likeness (QED) is 0.642. The van der Waals surface area contributed by atoms with Crippen molar-refractivity contribution in [3.05, 3.63) is 72.0 Å². The maximum absolute atomic E-state index is 13.2. The van der Waals surface area contributed by atoms with Gasteiger partial charge in [-0.05, 0) is 38.0 Å². The highest BCUT2D eigenvalue weighted by atomic mass is 16.6. The lowest BCUT2D eigenvalue weighted by molar-refractivity contribution is -0.0590. The number of allylic oxidation sites excluding steroid dienone is 2. The van der Waals surface area contributed by atoms with Crippen molar-refractivity contribution in [1.29, 1.82) is 0 Å². The first kappa shape index (κ1) is 22.0. The standard InChI is InChI=1S/C25H30N4O3/c1-4-9-19(5-2)18(3)27-23-26-15-12-21(28-23)29-22(20-10-7-6-8-11-20)25(32-24(29)30)13-16-31-17-14-25/h4-12,15,18,22H,13-14,16-17H2,1-3H3,(H,26,27,28)/b9-4-,19-5+/t18-,22?/m0/s1. The third kappa shape index (κ3) is 4.25. The Labute approximate surface area is 189 Å². The summed E-state index contributed by atoms with van der Waals surface area (Å²) in [5.74, 6) is 0.983. The first-order chi connectivity index (χ1) is 15.6. The summed E-state index contributed by atoms with van der Waals surface area (Å²) in [7, 11) is 0. The Morgan fingerprint density at radius 3 is 2.66 bits per heavy atom.